The van der Waals surface area contributed by atoms with Crippen LogP contribution in [-0.4, -0.2) is 4.98 Å². The van der Waals surface area contributed by atoms with Crippen LogP contribution in [0.2, 0.25) is 0 Å². The summed E-state index contributed by atoms with van der Waals surface area (Å²) in [6, 6.07) is 0. The quantitative estimate of drug-likeness (QED) is 0.462. The Labute approximate surface area is 171 Å². The van der Waals surface area contributed by atoms with Crippen molar-refractivity contribution >= 4 is 10.8 Å². The normalized spacial score (nSPS) is 11.5. The zero-order chi connectivity index (χ0) is 21.1. The highest BCUT2D eigenvalue weighted by atomic mass is 14.7. The van der Waals surface area contributed by atoms with Crippen molar-refractivity contribution in [1.29, 1.82) is 0 Å². The van der Waals surface area contributed by atoms with E-state index in [1.807, 2.05) is 0 Å². The summed E-state index contributed by atoms with van der Waals surface area (Å²) in [5.74, 6) is 0. The van der Waals surface area contributed by atoms with Gasteiger partial charge < -0.3 is 0 Å². The fraction of sp³-hybridized carbons (Fsp3) is 0.444. The third-order valence-electron chi connectivity index (χ3n) is 7.63. The van der Waals surface area contributed by atoms with Crippen LogP contribution in [-0.2, 0) is 6.42 Å². The maximum Gasteiger partial charge on any atom is 0.0457 e. The van der Waals surface area contributed by atoms with E-state index >= 15 is 0 Å². The van der Waals surface area contributed by atoms with Crippen LogP contribution in [0.3, 0.4) is 0 Å². The highest BCUT2D eigenvalue weighted by Crippen LogP contribution is 2.37. The number of hydrogen-bond donors (Lipinski definition) is 0. The number of pyridine rings is 1. The molecule has 28 heavy (non-hydrogen) atoms. The second kappa shape index (κ2) is 7.03. The Morgan fingerprint density at radius 3 is 1.36 bits per heavy atom. The third kappa shape index (κ3) is 2.87. The van der Waals surface area contributed by atoms with Gasteiger partial charge in [0.1, 0.15) is 0 Å². The van der Waals surface area contributed by atoms with Crippen molar-refractivity contribution in [2.45, 2.75) is 82.6 Å². The van der Waals surface area contributed by atoms with Gasteiger partial charge in [0.25, 0.3) is 0 Å². The molecule has 148 valence electrons. The maximum absolute atomic E-state index is 4.86. The molecule has 2 aromatic carbocycles. The third-order valence-corrected chi connectivity index (χ3v) is 7.63. The van der Waals surface area contributed by atoms with Gasteiger partial charge in [0.15, 0.2) is 0 Å². The second-order valence-corrected chi connectivity index (χ2v) is 8.79. The summed E-state index contributed by atoms with van der Waals surface area (Å²) in [6.07, 6.45) is 0.993. The molecule has 0 aliphatic carbocycles. The van der Waals surface area contributed by atoms with Crippen molar-refractivity contribution in [1.82, 2.24) is 4.98 Å². The van der Waals surface area contributed by atoms with Crippen LogP contribution in [0.25, 0.3) is 10.8 Å². The lowest BCUT2D eigenvalue weighted by molar-refractivity contribution is 1.04. The molecule has 3 aromatic rings. The number of nitrogens with zero attached hydrogens (tertiary/aromatic N) is 1. The van der Waals surface area contributed by atoms with Crippen molar-refractivity contribution in [3.05, 3.63) is 72.6 Å². The zero-order valence-electron chi connectivity index (χ0n) is 19.7. The Hall–Kier alpha value is -2.15. The number of fused-ring (bicyclic) bond motifs is 1. The van der Waals surface area contributed by atoms with Gasteiger partial charge in [-0.05, 0) is 149 Å². The summed E-state index contributed by atoms with van der Waals surface area (Å²) in [7, 11) is 0. The van der Waals surface area contributed by atoms with Crippen molar-refractivity contribution in [3.8, 4) is 0 Å². The lowest BCUT2D eigenvalue weighted by Crippen LogP contribution is -2.08. The fourth-order valence-electron chi connectivity index (χ4n) is 4.90. The van der Waals surface area contributed by atoms with Crippen molar-refractivity contribution in [2.75, 3.05) is 0 Å². The molecule has 1 heteroatoms. The van der Waals surface area contributed by atoms with Crippen LogP contribution < -0.4 is 0 Å². The van der Waals surface area contributed by atoms with E-state index in [0.29, 0.717) is 0 Å². The number of hydrogen-bond acceptors (Lipinski definition) is 1. The van der Waals surface area contributed by atoms with Gasteiger partial charge in [-0.15, -0.1) is 0 Å². The minimum Gasteiger partial charge on any atom is -0.258 e. The van der Waals surface area contributed by atoms with E-state index in [1.54, 1.807) is 0 Å². The van der Waals surface area contributed by atoms with Crippen LogP contribution in [0.15, 0.2) is 0 Å². The molecular formula is C27H35N. The van der Waals surface area contributed by atoms with E-state index in [0.717, 1.165) is 17.8 Å². The molecule has 0 saturated heterocycles. The lowest BCUT2D eigenvalue weighted by atomic mass is 9.82. The van der Waals surface area contributed by atoms with E-state index in [9.17, 15) is 0 Å². The first-order valence-corrected chi connectivity index (χ1v) is 10.4. The molecule has 0 aliphatic heterocycles. The Morgan fingerprint density at radius 1 is 0.393 bits per heavy atom. The molecule has 1 heterocycles. The molecule has 0 fully saturated rings. The van der Waals surface area contributed by atoms with Crippen molar-refractivity contribution in [3.63, 3.8) is 0 Å². The minimum absolute atomic E-state index is 0.993. The molecule has 0 spiro atoms. The van der Waals surface area contributed by atoms with E-state index in [4.69, 9.17) is 4.98 Å². The van der Waals surface area contributed by atoms with Crippen LogP contribution in [0, 0.1) is 76.2 Å². The molecule has 1 aromatic heterocycles. The molecule has 3 rings (SSSR count). The molecule has 0 bridgehead atoms. The SMILES string of the molecule is Cc1nc(C)c2c(C)c(C)c(C)c(Cc3c(C)c(C)c(C)c(C)c3C)c2c1C. The minimum atomic E-state index is 0.993. The largest absolute Gasteiger partial charge is 0.258 e. The molecule has 1 nitrogen and oxygen atoms in total. The van der Waals surface area contributed by atoms with Crippen LogP contribution in [0.4, 0.5) is 0 Å². The van der Waals surface area contributed by atoms with Gasteiger partial charge in [0.2, 0.25) is 0 Å². The van der Waals surface area contributed by atoms with Crippen LogP contribution in [0.1, 0.15) is 72.6 Å². The van der Waals surface area contributed by atoms with Gasteiger partial charge in [-0.3, -0.25) is 4.98 Å². The number of aryl methyl sites for hydroxylation is 4. The highest BCUT2D eigenvalue weighted by Gasteiger charge is 2.20. The van der Waals surface area contributed by atoms with E-state index in [1.165, 1.54) is 72.0 Å². The van der Waals surface area contributed by atoms with Gasteiger partial charge in [0, 0.05) is 16.8 Å². The first kappa shape index (κ1) is 20.6. The van der Waals surface area contributed by atoms with E-state index in [2.05, 4.69) is 76.2 Å². The number of benzene rings is 2. The predicted octanol–water partition coefficient (Wildman–Crippen LogP) is 7.22. The van der Waals surface area contributed by atoms with Crippen molar-refractivity contribution in [2.24, 2.45) is 0 Å². The van der Waals surface area contributed by atoms with E-state index in [-0.39, 0.29) is 0 Å². The van der Waals surface area contributed by atoms with E-state index < -0.39 is 0 Å². The highest BCUT2D eigenvalue weighted by molar-refractivity contribution is 5.95. The molecular weight excluding hydrogens is 338 g/mol. The molecule has 0 saturated carbocycles. The Morgan fingerprint density at radius 2 is 0.821 bits per heavy atom. The number of rotatable bonds is 2. The Kier molecular flexibility index (Phi) is 5.17. The smallest absolute Gasteiger partial charge is 0.0457 e. The standard InChI is InChI=1S/C27H35N/c1-13-14(2)17(5)24(18(6)15(13)3)12-25-19(7)16(4)20(8)26-23(11)28-22(10)21(9)27(25)26/h12H2,1-11H3. The second-order valence-electron chi connectivity index (χ2n) is 8.79. The Balaban J connectivity index is 2.44. The summed E-state index contributed by atoms with van der Waals surface area (Å²) < 4.78 is 0. The molecule has 0 atom stereocenters. The lowest BCUT2D eigenvalue weighted by Gasteiger charge is -2.24. The van der Waals surface area contributed by atoms with Gasteiger partial charge in [0.05, 0.1) is 0 Å². The first-order chi connectivity index (χ1) is 13.0. The van der Waals surface area contributed by atoms with Crippen LogP contribution >= 0.6 is 0 Å². The average Bonchev–Trinajstić information content (AvgIpc) is 2.65. The Bertz CT molecular complexity index is 1100. The predicted molar refractivity (Wildman–Crippen MR) is 123 cm³/mol. The molecule has 0 aliphatic rings. The monoisotopic (exact) mass is 373 g/mol. The summed E-state index contributed by atoms with van der Waals surface area (Å²) in [5, 5.41) is 2.79. The van der Waals surface area contributed by atoms with Gasteiger partial charge in [-0.2, -0.15) is 0 Å². The summed E-state index contributed by atoms with van der Waals surface area (Å²) >= 11 is 0. The summed E-state index contributed by atoms with van der Waals surface area (Å²) in [5.41, 5.74) is 18.1. The summed E-state index contributed by atoms with van der Waals surface area (Å²) in [4.78, 5) is 4.86. The molecule has 0 unspecified atom stereocenters. The van der Waals surface area contributed by atoms with Gasteiger partial charge >= 0.3 is 0 Å². The van der Waals surface area contributed by atoms with Crippen molar-refractivity contribution < 1.29 is 0 Å². The maximum atomic E-state index is 4.86. The molecule has 0 N–H and O–H groups in total. The zero-order valence-corrected chi connectivity index (χ0v) is 19.7. The molecule has 0 radical (unpaired) electrons. The average molecular weight is 374 g/mol. The van der Waals surface area contributed by atoms with Crippen LogP contribution in [0.5, 0.6) is 0 Å². The van der Waals surface area contributed by atoms with Gasteiger partial charge in [-0.1, -0.05) is 0 Å². The topological polar surface area (TPSA) is 12.9 Å². The first-order valence-electron chi connectivity index (χ1n) is 10.4. The molecule has 0 amide bonds. The van der Waals surface area contributed by atoms with Gasteiger partial charge in [-0.25, -0.2) is 0 Å². The number of aromatic nitrogens is 1. The fourth-order valence-corrected chi connectivity index (χ4v) is 4.90. The summed E-state index contributed by atoms with van der Waals surface area (Å²) in [6.45, 7) is 24.8.